The Bertz CT molecular complexity index is 2610. The summed E-state index contributed by atoms with van der Waals surface area (Å²) >= 11 is 3.38. The third kappa shape index (κ3) is 15.8. The number of carboxylic acid groups (broad SMARTS) is 1. The number of nitrogens with one attached hydrogen (secondary N) is 3. The lowest BCUT2D eigenvalue weighted by molar-refractivity contribution is -0.137. The first-order valence-corrected chi connectivity index (χ1v) is 28.7. The summed E-state index contributed by atoms with van der Waals surface area (Å²) in [4.78, 5) is 53.5. The Hall–Kier alpha value is -6.41. The van der Waals surface area contributed by atoms with Crippen molar-refractivity contribution in [3.63, 3.8) is 0 Å². The quantitative estimate of drug-likeness (QED) is 0.0213. The van der Waals surface area contributed by atoms with Gasteiger partial charge in [-0.1, -0.05) is 208 Å². The van der Waals surface area contributed by atoms with E-state index in [2.05, 4.69) is 109 Å². The molecule has 0 spiro atoms. The Labute approximate surface area is 440 Å². The number of carbonyl (C=O) groups is 4. The molecule has 0 saturated carbocycles. The SMILES string of the molecule is CC(C)C(CC=CCCC(=O)NC(CCS(C)(=O)=O)C(=O)NC(CSC(c1ccccc1)(c1ccccc1)c1ccccc1)C(=O)NCCCC(=O)O)SC(c1ccccc1)(c1ccccc1)c1ccccc1. The van der Waals surface area contributed by atoms with Crippen LogP contribution in [0.4, 0.5) is 0 Å². The van der Waals surface area contributed by atoms with E-state index in [1.165, 1.54) is 28.5 Å². The normalized spacial score (nSPS) is 13.2. The molecule has 6 rings (SSSR count). The van der Waals surface area contributed by atoms with Crippen LogP contribution < -0.4 is 16.0 Å². The first-order chi connectivity index (χ1) is 35.2. The molecule has 0 saturated heterocycles. The molecule has 6 aromatic rings. The Morgan fingerprint density at radius 3 is 1.40 bits per heavy atom. The van der Waals surface area contributed by atoms with E-state index < -0.39 is 55.1 Å². The predicted octanol–water partition coefficient (Wildman–Crippen LogP) is 10.6. The molecule has 0 aromatic heterocycles. The summed E-state index contributed by atoms with van der Waals surface area (Å²) < 4.78 is 23.6. The molecule has 0 bridgehead atoms. The maximum Gasteiger partial charge on any atom is 0.303 e. The number of allylic oxidation sites excluding steroid dienone is 2. The second-order valence-corrected chi connectivity index (χ2v) is 23.4. The number of sulfone groups is 1. The lowest BCUT2D eigenvalue weighted by Gasteiger charge is -2.39. The standard InChI is InChI=1S/C60H67N3O7S3/c1-45(2)54(72-60(49-32-17-7-18-33-49,50-34-19-8-20-35-50)51-36-21-9-22-37-51)38-23-10-24-39-55(64)62-52(41-43-73(3,69)70)58(68)63-53(57(67)61-42-25-40-56(65)66)44-71-59(46-26-11-4-12-27-46,47-28-13-5-14-29-47)48-30-15-6-16-31-48/h4-23,26-37,45,52-54H,24-25,38-44H2,1-3H3,(H,61,67)(H,62,64)(H,63,68)(H,65,66). The highest BCUT2D eigenvalue weighted by Gasteiger charge is 2.41. The fraction of sp³-hybridized carbons (Fsp3) is 0.300. The first kappa shape index (κ1) is 55.9. The summed E-state index contributed by atoms with van der Waals surface area (Å²) in [5.74, 6) is -2.73. The van der Waals surface area contributed by atoms with Crippen molar-refractivity contribution in [3.05, 3.63) is 228 Å². The second kappa shape index (κ2) is 27.6. The highest BCUT2D eigenvalue weighted by Crippen LogP contribution is 2.52. The fourth-order valence-electron chi connectivity index (χ4n) is 8.84. The van der Waals surface area contributed by atoms with E-state index in [-0.39, 0.29) is 49.0 Å². The molecule has 13 heteroatoms. The van der Waals surface area contributed by atoms with Crippen LogP contribution >= 0.6 is 23.5 Å². The number of hydrogen-bond donors (Lipinski definition) is 4. The van der Waals surface area contributed by atoms with E-state index in [1.54, 1.807) is 0 Å². The van der Waals surface area contributed by atoms with E-state index in [1.807, 2.05) is 127 Å². The molecule has 4 N–H and O–H groups in total. The molecule has 0 heterocycles. The molecule has 73 heavy (non-hydrogen) atoms. The van der Waals surface area contributed by atoms with Gasteiger partial charge in [-0.25, -0.2) is 8.42 Å². The number of carbonyl (C=O) groups excluding carboxylic acids is 3. The maximum absolute atomic E-state index is 14.4. The molecule has 3 unspecified atom stereocenters. The summed E-state index contributed by atoms with van der Waals surface area (Å²) in [6.45, 7) is 4.51. The van der Waals surface area contributed by atoms with Gasteiger partial charge in [0.25, 0.3) is 0 Å². The zero-order valence-corrected chi connectivity index (χ0v) is 44.2. The zero-order chi connectivity index (χ0) is 52.1. The van der Waals surface area contributed by atoms with Gasteiger partial charge >= 0.3 is 5.97 Å². The van der Waals surface area contributed by atoms with Crippen molar-refractivity contribution in [1.29, 1.82) is 0 Å². The van der Waals surface area contributed by atoms with Crippen molar-refractivity contribution in [2.24, 2.45) is 5.92 Å². The largest absolute Gasteiger partial charge is 0.481 e. The fourth-order valence-corrected chi connectivity index (χ4v) is 12.8. The number of hydrogen-bond acceptors (Lipinski definition) is 8. The maximum atomic E-state index is 14.4. The summed E-state index contributed by atoms with van der Waals surface area (Å²) in [5.41, 5.74) is 6.36. The van der Waals surface area contributed by atoms with Crippen LogP contribution in [-0.4, -0.2) is 78.9 Å². The number of benzene rings is 6. The second-order valence-electron chi connectivity index (χ2n) is 18.4. The Kier molecular flexibility index (Phi) is 21.1. The Morgan fingerprint density at radius 2 is 1.00 bits per heavy atom. The molecule has 0 aliphatic rings. The Balaban J connectivity index is 1.20. The van der Waals surface area contributed by atoms with E-state index in [4.69, 9.17) is 0 Å². The van der Waals surface area contributed by atoms with Gasteiger partial charge in [-0.05, 0) is 65.0 Å². The molecular formula is C60H67N3O7S3. The molecule has 6 aromatic carbocycles. The van der Waals surface area contributed by atoms with Crippen molar-refractivity contribution in [2.45, 2.75) is 79.2 Å². The van der Waals surface area contributed by atoms with Crippen molar-refractivity contribution in [2.75, 3.05) is 24.3 Å². The summed E-state index contributed by atoms with van der Waals surface area (Å²) in [5, 5.41) is 17.9. The summed E-state index contributed by atoms with van der Waals surface area (Å²) in [6.07, 6.45) is 6.11. The first-order valence-electron chi connectivity index (χ1n) is 24.8. The molecule has 0 fully saturated rings. The van der Waals surface area contributed by atoms with Crippen LogP contribution in [0.2, 0.25) is 0 Å². The zero-order valence-electron chi connectivity index (χ0n) is 41.8. The number of carboxylic acids is 1. The van der Waals surface area contributed by atoms with Gasteiger partial charge in [-0.2, -0.15) is 0 Å². The summed E-state index contributed by atoms with van der Waals surface area (Å²) in [6, 6.07) is 58.9. The van der Waals surface area contributed by atoms with Gasteiger partial charge in [-0.3, -0.25) is 19.2 Å². The molecule has 0 radical (unpaired) electrons. The van der Waals surface area contributed by atoms with Gasteiger partial charge in [0.15, 0.2) is 0 Å². The lowest BCUT2D eigenvalue weighted by Crippen LogP contribution is -2.55. The minimum absolute atomic E-state index is 0.0394. The van der Waals surface area contributed by atoms with E-state index in [0.717, 1.165) is 29.4 Å². The average Bonchev–Trinajstić information content (AvgIpc) is 3.40. The molecule has 382 valence electrons. The lowest BCUT2D eigenvalue weighted by atomic mass is 9.84. The highest BCUT2D eigenvalue weighted by molar-refractivity contribution is 8.01. The number of thioether (sulfide) groups is 2. The van der Waals surface area contributed by atoms with Crippen molar-refractivity contribution in [1.82, 2.24) is 16.0 Å². The van der Waals surface area contributed by atoms with E-state index in [0.29, 0.717) is 12.3 Å². The molecule has 0 aliphatic heterocycles. The van der Waals surface area contributed by atoms with E-state index >= 15 is 0 Å². The van der Waals surface area contributed by atoms with Gasteiger partial charge in [0.2, 0.25) is 17.7 Å². The number of amides is 3. The molecule has 3 amide bonds. The van der Waals surface area contributed by atoms with Crippen molar-refractivity contribution < 1.29 is 32.7 Å². The van der Waals surface area contributed by atoms with Crippen LogP contribution in [0.1, 0.15) is 85.8 Å². The monoisotopic (exact) mass is 1040 g/mol. The van der Waals surface area contributed by atoms with E-state index in [9.17, 15) is 32.7 Å². The van der Waals surface area contributed by atoms with Gasteiger partial charge in [-0.15, -0.1) is 23.5 Å². The topological polar surface area (TPSA) is 159 Å². The van der Waals surface area contributed by atoms with Gasteiger partial charge in [0.1, 0.15) is 21.9 Å². The minimum atomic E-state index is -3.56. The molecule has 0 aliphatic carbocycles. The molecular weight excluding hydrogens is 971 g/mol. The smallest absolute Gasteiger partial charge is 0.303 e. The third-order valence-corrected chi connectivity index (χ3v) is 17.3. The minimum Gasteiger partial charge on any atom is -0.481 e. The number of rotatable bonds is 28. The predicted molar refractivity (Wildman–Crippen MR) is 298 cm³/mol. The molecule has 3 atom stereocenters. The van der Waals surface area contributed by atoms with Gasteiger partial charge < -0.3 is 21.1 Å². The third-order valence-electron chi connectivity index (χ3n) is 12.6. The van der Waals surface area contributed by atoms with Gasteiger partial charge in [0.05, 0.1) is 15.2 Å². The van der Waals surface area contributed by atoms with Crippen LogP contribution in [0.25, 0.3) is 0 Å². The van der Waals surface area contributed by atoms with Crippen LogP contribution in [0.15, 0.2) is 194 Å². The number of aliphatic carboxylic acids is 1. The Morgan fingerprint density at radius 1 is 0.575 bits per heavy atom. The average molecular weight is 1040 g/mol. The molecule has 10 nitrogen and oxygen atoms in total. The van der Waals surface area contributed by atoms with Crippen LogP contribution in [-0.2, 0) is 38.5 Å². The van der Waals surface area contributed by atoms with Crippen molar-refractivity contribution >= 4 is 57.1 Å². The van der Waals surface area contributed by atoms with Crippen LogP contribution in [0.5, 0.6) is 0 Å². The van der Waals surface area contributed by atoms with Crippen LogP contribution in [0.3, 0.4) is 0 Å². The van der Waals surface area contributed by atoms with Crippen LogP contribution in [0, 0.1) is 5.92 Å². The highest BCUT2D eigenvalue weighted by atomic mass is 32.2. The van der Waals surface area contributed by atoms with Crippen molar-refractivity contribution in [3.8, 4) is 0 Å². The van der Waals surface area contributed by atoms with Gasteiger partial charge in [0, 0.05) is 36.6 Å². The summed E-state index contributed by atoms with van der Waals surface area (Å²) in [7, 11) is -3.56.